The third-order valence-corrected chi connectivity index (χ3v) is 4.05. The lowest BCUT2D eigenvalue weighted by atomic mass is 10.0. The van der Waals surface area contributed by atoms with Crippen LogP contribution in [-0.4, -0.2) is 14.9 Å². The molecule has 0 aliphatic carbocycles. The molecular formula is C12H15ClN2OS. The van der Waals surface area contributed by atoms with Gasteiger partial charge in [-0.3, -0.25) is 4.68 Å². The summed E-state index contributed by atoms with van der Waals surface area (Å²) in [6, 6.07) is 3.83. The summed E-state index contributed by atoms with van der Waals surface area (Å²) in [4.78, 5) is 0.872. The van der Waals surface area contributed by atoms with Crippen molar-refractivity contribution in [1.82, 2.24) is 9.78 Å². The Kier molecular flexibility index (Phi) is 3.56. The standard InChI is InChI=1S/C12H15ClN2OS/c1-3-6-15-11(9(13)8-14-15)12(2,16)10-5-4-7-17-10/h4-5,7-8,16H,3,6H2,1-2H3. The SMILES string of the molecule is CCCn1ncc(Cl)c1C(C)(O)c1cccs1. The number of aliphatic hydroxyl groups is 1. The van der Waals surface area contributed by atoms with Gasteiger partial charge in [0.15, 0.2) is 0 Å². The second kappa shape index (κ2) is 4.80. The summed E-state index contributed by atoms with van der Waals surface area (Å²) in [6.07, 6.45) is 2.54. The van der Waals surface area contributed by atoms with Crippen LogP contribution in [0.2, 0.25) is 5.02 Å². The molecule has 92 valence electrons. The highest BCUT2D eigenvalue weighted by Crippen LogP contribution is 2.36. The van der Waals surface area contributed by atoms with Crippen molar-refractivity contribution in [2.45, 2.75) is 32.4 Å². The monoisotopic (exact) mass is 270 g/mol. The van der Waals surface area contributed by atoms with Gasteiger partial charge in [0, 0.05) is 11.4 Å². The van der Waals surface area contributed by atoms with E-state index in [0.717, 1.165) is 17.8 Å². The molecule has 2 aromatic heterocycles. The molecule has 1 unspecified atom stereocenters. The Balaban J connectivity index is 2.48. The van der Waals surface area contributed by atoms with Gasteiger partial charge >= 0.3 is 0 Å². The van der Waals surface area contributed by atoms with Crippen molar-refractivity contribution >= 4 is 22.9 Å². The minimum Gasteiger partial charge on any atom is -0.378 e. The van der Waals surface area contributed by atoms with Crippen molar-refractivity contribution in [2.24, 2.45) is 0 Å². The predicted octanol–water partition coefficient (Wildman–Crippen LogP) is 3.26. The van der Waals surface area contributed by atoms with E-state index in [1.807, 2.05) is 17.5 Å². The number of hydrogen-bond donors (Lipinski definition) is 1. The van der Waals surface area contributed by atoms with Gasteiger partial charge in [-0.05, 0) is 24.8 Å². The van der Waals surface area contributed by atoms with Crippen LogP contribution >= 0.6 is 22.9 Å². The summed E-state index contributed by atoms with van der Waals surface area (Å²) in [6.45, 7) is 4.58. The molecule has 0 aromatic carbocycles. The zero-order valence-corrected chi connectivity index (χ0v) is 11.4. The molecule has 5 heteroatoms. The van der Waals surface area contributed by atoms with Crippen molar-refractivity contribution in [3.8, 4) is 0 Å². The fourth-order valence-corrected chi connectivity index (χ4v) is 3.01. The van der Waals surface area contributed by atoms with Crippen LogP contribution in [-0.2, 0) is 12.1 Å². The molecule has 0 saturated carbocycles. The normalized spacial score (nSPS) is 14.8. The van der Waals surface area contributed by atoms with Gasteiger partial charge in [0.25, 0.3) is 0 Å². The molecule has 0 aliphatic heterocycles. The fourth-order valence-electron chi connectivity index (χ4n) is 1.90. The summed E-state index contributed by atoms with van der Waals surface area (Å²) in [5, 5.41) is 17.4. The first-order valence-electron chi connectivity index (χ1n) is 5.55. The lowest BCUT2D eigenvalue weighted by Crippen LogP contribution is -2.26. The van der Waals surface area contributed by atoms with Crippen molar-refractivity contribution < 1.29 is 5.11 Å². The largest absolute Gasteiger partial charge is 0.378 e. The average molecular weight is 271 g/mol. The second-order valence-corrected chi connectivity index (χ2v) is 5.47. The molecule has 0 amide bonds. The van der Waals surface area contributed by atoms with Crippen LogP contribution in [0.3, 0.4) is 0 Å². The maximum Gasteiger partial charge on any atom is 0.139 e. The third-order valence-electron chi connectivity index (χ3n) is 2.69. The van der Waals surface area contributed by atoms with Crippen molar-refractivity contribution in [3.63, 3.8) is 0 Å². The van der Waals surface area contributed by atoms with E-state index < -0.39 is 5.60 Å². The zero-order chi connectivity index (χ0) is 12.5. The Hall–Kier alpha value is -0.840. The fraction of sp³-hybridized carbons (Fsp3) is 0.417. The Bertz CT molecular complexity index is 491. The summed E-state index contributed by atoms with van der Waals surface area (Å²) in [7, 11) is 0. The minimum atomic E-state index is -1.09. The van der Waals surface area contributed by atoms with Crippen molar-refractivity contribution in [3.05, 3.63) is 39.3 Å². The molecule has 1 atom stereocenters. The number of hydrogen-bond acceptors (Lipinski definition) is 3. The Labute approximate surface area is 110 Å². The zero-order valence-electron chi connectivity index (χ0n) is 9.85. The highest BCUT2D eigenvalue weighted by atomic mass is 35.5. The van der Waals surface area contributed by atoms with E-state index >= 15 is 0 Å². The Morgan fingerprint density at radius 2 is 2.35 bits per heavy atom. The number of aryl methyl sites for hydroxylation is 1. The third kappa shape index (κ3) is 2.25. The van der Waals surface area contributed by atoms with Crippen molar-refractivity contribution in [2.75, 3.05) is 0 Å². The molecule has 0 spiro atoms. The molecule has 2 aromatic rings. The van der Waals surface area contributed by atoms with Crippen LogP contribution in [0.1, 0.15) is 30.8 Å². The first-order chi connectivity index (χ1) is 8.07. The summed E-state index contributed by atoms with van der Waals surface area (Å²) >= 11 is 7.66. The quantitative estimate of drug-likeness (QED) is 0.926. The molecule has 2 rings (SSSR count). The van der Waals surface area contributed by atoms with Crippen molar-refractivity contribution in [1.29, 1.82) is 0 Å². The van der Waals surface area contributed by atoms with Crippen LogP contribution in [0.4, 0.5) is 0 Å². The van der Waals surface area contributed by atoms with Gasteiger partial charge in [0.1, 0.15) is 5.60 Å². The maximum absolute atomic E-state index is 10.7. The highest BCUT2D eigenvalue weighted by molar-refractivity contribution is 7.10. The van der Waals surface area contributed by atoms with E-state index in [0.29, 0.717) is 10.7 Å². The number of rotatable bonds is 4. The molecule has 0 aliphatic rings. The average Bonchev–Trinajstić information content (AvgIpc) is 2.88. The summed E-state index contributed by atoms with van der Waals surface area (Å²) in [5.41, 5.74) is -0.417. The van der Waals surface area contributed by atoms with Crippen LogP contribution in [0.5, 0.6) is 0 Å². The topological polar surface area (TPSA) is 38.0 Å². The van der Waals surface area contributed by atoms with E-state index in [9.17, 15) is 5.11 Å². The van der Waals surface area contributed by atoms with E-state index in [4.69, 9.17) is 11.6 Å². The molecule has 17 heavy (non-hydrogen) atoms. The predicted molar refractivity (Wildman–Crippen MR) is 70.5 cm³/mol. The number of aromatic nitrogens is 2. The van der Waals surface area contributed by atoms with E-state index in [2.05, 4.69) is 12.0 Å². The lowest BCUT2D eigenvalue weighted by Gasteiger charge is -2.23. The van der Waals surface area contributed by atoms with Gasteiger partial charge < -0.3 is 5.11 Å². The molecule has 0 saturated heterocycles. The highest BCUT2D eigenvalue weighted by Gasteiger charge is 2.33. The van der Waals surface area contributed by atoms with E-state index in [-0.39, 0.29) is 0 Å². The molecule has 0 fully saturated rings. The number of nitrogens with zero attached hydrogens (tertiary/aromatic N) is 2. The molecule has 3 nitrogen and oxygen atoms in total. The number of thiophene rings is 1. The second-order valence-electron chi connectivity index (χ2n) is 4.11. The first-order valence-corrected chi connectivity index (χ1v) is 6.81. The van der Waals surface area contributed by atoms with E-state index in [1.54, 1.807) is 17.8 Å². The Morgan fingerprint density at radius 3 is 2.94 bits per heavy atom. The van der Waals surface area contributed by atoms with Gasteiger partial charge in [-0.2, -0.15) is 5.10 Å². The molecule has 1 N–H and O–H groups in total. The summed E-state index contributed by atoms with van der Waals surface area (Å²) in [5.74, 6) is 0. The minimum absolute atomic E-state index is 0.511. The van der Waals surface area contributed by atoms with Crippen LogP contribution in [0, 0.1) is 0 Å². The molecule has 0 radical (unpaired) electrons. The van der Waals surface area contributed by atoms with Gasteiger partial charge in [0.05, 0.1) is 16.9 Å². The maximum atomic E-state index is 10.7. The van der Waals surface area contributed by atoms with Gasteiger partial charge in [-0.15, -0.1) is 11.3 Å². The van der Waals surface area contributed by atoms with E-state index in [1.165, 1.54) is 11.3 Å². The summed E-state index contributed by atoms with van der Waals surface area (Å²) < 4.78 is 1.78. The van der Waals surface area contributed by atoms with Gasteiger partial charge in [-0.25, -0.2) is 0 Å². The number of halogens is 1. The molecule has 2 heterocycles. The van der Waals surface area contributed by atoms with Crippen LogP contribution in [0.25, 0.3) is 0 Å². The first kappa shape index (κ1) is 12.6. The molecular weight excluding hydrogens is 256 g/mol. The Morgan fingerprint density at radius 1 is 1.59 bits per heavy atom. The molecule has 0 bridgehead atoms. The lowest BCUT2D eigenvalue weighted by molar-refractivity contribution is 0.0954. The van der Waals surface area contributed by atoms with Gasteiger partial charge in [-0.1, -0.05) is 24.6 Å². The van der Waals surface area contributed by atoms with Gasteiger partial charge in [0.2, 0.25) is 0 Å². The smallest absolute Gasteiger partial charge is 0.139 e. The van der Waals surface area contributed by atoms with Crippen LogP contribution in [0.15, 0.2) is 23.7 Å². The van der Waals surface area contributed by atoms with Crippen LogP contribution < -0.4 is 0 Å².